The third-order valence-electron chi connectivity index (χ3n) is 9.51. The molecule has 0 heteroatoms. The molecule has 4 saturated carbocycles. The summed E-state index contributed by atoms with van der Waals surface area (Å²) in [5.41, 5.74) is 6.43. The number of hydrogen-bond donors (Lipinski definition) is 0. The van der Waals surface area contributed by atoms with E-state index >= 15 is 0 Å². The average molecular weight is 324 g/mol. The highest BCUT2D eigenvalue weighted by Crippen LogP contribution is 2.67. The van der Waals surface area contributed by atoms with Crippen LogP contribution in [0.4, 0.5) is 0 Å². The zero-order valence-corrected chi connectivity index (χ0v) is 16.0. The minimum Gasteiger partial charge on any atom is -0.0651 e. The maximum absolute atomic E-state index is 2.68. The second kappa shape index (κ2) is 5.24. The third-order valence-corrected chi connectivity index (χ3v) is 9.51. The van der Waals surface area contributed by atoms with Gasteiger partial charge in [0.05, 0.1) is 0 Å². The van der Waals surface area contributed by atoms with Gasteiger partial charge in [0.2, 0.25) is 0 Å². The monoisotopic (exact) mass is 323 g/mol. The summed E-state index contributed by atoms with van der Waals surface area (Å²) in [7, 11) is 0. The highest BCUT2D eigenvalue weighted by molar-refractivity contribution is 5.46. The Bertz CT molecular complexity index is 602. The number of rotatable bonds is 1. The van der Waals surface area contributed by atoms with E-state index < -0.39 is 0 Å². The van der Waals surface area contributed by atoms with Crippen LogP contribution in [0.1, 0.15) is 85.0 Å². The Morgan fingerprint density at radius 1 is 0.958 bits per heavy atom. The van der Waals surface area contributed by atoms with Crippen molar-refractivity contribution < 1.29 is 0 Å². The van der Waals surface area contributed by atoms with Gasteiger partial charge in [0.15, 0.2) is 0 Å². The van der Waals surface area contributed by atoms with Gasteiger partial charge in [0.1, 0.15) is 0 Å². The first-order valence-electron chi connectivity index (χ1n) is 10.8. The topological polar surface area (TPSA) is 0 Å². The summed E-state index contributed by atoms with van der Waals surface area (Å²) in [6.07, 6.45) is 19.6. The maximum Gasteiger partial charge on any atom is -0.00790 e. The lowest BCUT2D eigenvalue weighted by molar-refractivity contribution is -0.0502. The number of hydrogen-bond acceptors (Lipinski definition) is 0. The minimum absolute atomic E-state index is 0.535. The summed E-state index contributed by atoms with van der Waals surface area (Å²) in [5.74, 6) is 4.07. The van der Waals surface area contributed by atoms with Crippen molar-refractivity contribution in [1.29, 1.82) is 0 Å². The molecule has 0 heterocycles. The molecule has 0 amide bonds. The van der Waals surface area contributed by atoms with Crippen LogP contribution in [0, 0.1) is 40.9 Å². The van der Waals surface area contributed by atoms with E-state index in [2.05, 4.69) is 33.3 Å². The molecule has 131 valence electrons. The Morgan fingerprint density at radius 3 is 2.54 bits per heavy atom. The van der Waals surface area contributed by atoms with Crippen molar-refractivity contribution in [3.8, 4) is 0 Å². The predicted molar refractivity (Wildman–Crippen MR) is 101 cm³/mol. The molecule has 0 aliphatic heterocycles. The molecule has 1 radical (unpaired) electrons. The molecule has 0 bridgehead atoms. The summed E-state index contributed by atoms with van der Waals surface area (Å²) < 4.78 is 0. The quantitative estimate of drug-likeness (QED) is 0.493. The summed E-state index contributed by atoms with van der Waals surface area (Å²) in [5, 5.41) is 0. The molecule has 5 aliphatic carbocycles. The summed E-state index contributed by atoms with van der Waals surface area (Å²) in [6, 6.07) is 0. The van der Waals surface area contributed by atoms with Gasteiger partial charge < -0.3 is 0 Å². The first-order chi connectivity index (χ1) is 11.6. The number of fused-ring (bicyclic) bond motifs is 5. The lowest BCUT2D eigenvalue weighted by Gasteiger charge is -2.58. The smallest absolute Gasteiger partial charge is 0.00790 e. The molecular formula is C24H35. The predicted octanol–water partition coefficient (Wildman–Crippen LogP) is 6.88. The van der Waals surface area contributed by atoms with Crippen molar-refractivity contribution in [2.45, 2.75) is 85.0 Å². The van der Waals surface area contributed by atoms with E-state index in [4.69, 9.17) is 0 Å². The molecule has 4 fully saturated rings. The second-order valence-corrected chi connectivity index (χ2v) is 10.2. The summed E-state index contributed by atoms with van der Waals surface area (Å²) >= 11 is 0. The van der Waals surface area contributed by atoms with Crippen LogP contribution >= 0.6 is 0 Å². The normalized spacial score (nSPS) is 53.0. The molecule has 0 spiro atoms. The zero-order chi connectivity index (χ0) is 16.5. The fraction of sp³-hybridized carbons (Fsp3) is 0.792. The first kappa shape index (κ1) is 15.7. The molecule has 5 aliphatic rings. The molecule has 5 rings (SSSR count). The Balaban J connectivity index is 1.47. The van der Waals surface area contributed by atoms with E-state index in [1.807, 2.05) is 5.57 Å². The van der Waals surface area contributed by atoms with Gasteiger partial charge in [-0.1, -0.05) is 44.4 Å². The van der Waals surface area contributed by atoms with Crippen LogP contribution in [-0.2, 0) is 0 Å². The Labute approximate surface area is 149 Å². The van der Waals surface area contributed by atoms with Gasteiger partial charge in [-0.2, -0.15) is 0 Å². The highest BCUT2D eigenvalue weighted by Gasteiger charge is 2.58. The number of allylic oxidation sites excluding steroid dienone is 4. The van der Waals surface area contributed by atoms with E-state index in [0.29, 0.717) is 10.8 Å². The van der Waals surface area contributed by atoms with Crippen LogP contribution in [0.25, 0.3) is 0 Å². The van der Waals surface area contributed by atoms with Gasteiger partial charge in [0.25, 0.3) is 0 Å². The van der Waals surface area contributed by atoms with Gasteiger partial charge in [-0.15, -0.1) is 0 Å². The molecule has 0 N–H and O–H groups in total. The fourth-order valence-electron chi connectivity index (χ4n) is 7.93. The second-order valence-electron chi connectivity index (χ2n) is 10.2. The van der Waals surface area contributed by atoms with Crippen molar-refractivity contribution in [2.75, 3.05) is 0 Å². The fourth-order valence-corrected chi connectivity index (χ4v) is 7.93. The summed E-state index contributed by atoms with van der Waals surface area (Å²) in [6.45, 7) is 7.77. The van der Waals surface area contributed by atoms with Crippen molar-refractivity contribution in [1.82, 2.24) is 0 Å². The Hall–Kier alpha value is -0.520. The SMILES string of the molecule is CC[C@H]1CCC2C3CCC4=C/C(=C5\[CH]C5)CCC4(C)C3CC[C@@]21C. The first-order valence-corrected chi connectivity index (χ1v) is 10.8. The summed E-state index contributed by atoms with van der Waals surface area (Å²) in [4.78, 5) is 0. The molecule has 24 heavy (non-hydrogen) atoms. The van der Waals surface area contributed by atoms with Crippen molar-refractivity contribution in [3.05, 3.63) is 29.2 Å². The molecule has 0 saturated heterocycles. The van der Waals surface area contributed by atoms with E-state index in [0.717, 1.165) is 23.7 Å². The van der Waals surface area contributed by atoms with Gasteiger partial charge in [-0.05, 0) is 104 Å². The molecule has 0 aromatic rings. The van der Waals surface area contributed by atoms with Crippen LogP contribution in [0.3, 0.4) is 0 Å². The van der Waals surface area contributed by atoms with Crippen LogP contribution in [0.15, 0.2) is 22.8 Å². The van der Waals surface area contributed by atoms with Crippen LogP contribution < -0.4 is 0 Å². The van der Waals surface area contributed by atoms with E-state index in [-0.39, 0.29) is 0 Å². The molecule has 0 nitrogen and oxygen atoms in total. The third kappa shape index (κ3) is 2.04. The van der Waals surface area contributed by atoms with Gasteiger partial charge in [-0.3, -0.25) is 0 Å². The molecular weight excluding hydrogens is 288 g/mol. The Morgan fingerprint density at radius 2 is 1.79 bits per heavy atom. The van der Waals surface area contributed by atoms with Crippen molar-refractivity contribution in [3.63, 3.8) is 0 Å². The lowest BCUT2D eigenvalue weighted by Crippen LogP contribution is -2.50. The molecule has 6 atom stereocenters. The highest BCUT2D eigenvalue weighted by atomic mass is 14.6. The van der Waals surface area contributed by atoms with E-state index in [9.17, 15) is 0 Å². The van der Waals surface area contributed by atoms with Crippen molar-refractivity contribution in [2.24, 2.45) is 34.5 Å². The molecule has 0 aromatic heterocycles. The largest absolute Gasteiger partial charge is 0.0651 e. The van der Waals surface area contributed by atoms with E-state index in [1.165, 1.54) is 64.2 Å². The Kier molecular flexibility index (Phi) is 3.43. The van der Waals surface area contributed by atoms with Crippen LogP contribution in [0.2, 0.25) is 0 Å². The van der Waals surface area contributed by atoms with E-state index in [1.54, 1.807) is 11.1 Å². The van der Waals surface area contributed by atoms with Gasteiger partial charge in [-0.25, -0.2) is 0 Å². The van der Waals surface area contributed by atoms with Gasteiger partial charge in [0, 0.05) is 0 Å². The average Bonchev–Trinajstić information content (AvgIpc) is 3.36. The zero-order valence-electron chi connectivity index (χ0n) is 16.0. The van der Waals surface area contributed by atoms with Gasteiger partial charge >= 0.3 is 0 Å². The van der Waals surface area contributed by atoms with Crippen LogP contribution in [0.5, 0.6) is 0 Å². The van der Waals surface area contributed by atoms with Crippen LogP contribution in [-0.4, -0.2) is 0 Å². The minimum atomic E-state index is 0.535. The molecule has 0 aromatic carbocycles. The standard InChI is InChI=1S/C24H35/c1-4-18-8-10-21-20-9-7-19-15-17(16-5-6-16)11-13-24(19,3)22(20)12-14-23(18,21)2/h5,15,18,20-22H,4,6-14H2,1-3H3/b17-16+/t18-,20?,21?,22?,23+,24?/m0/s1. The van der Waals surface area contributed by atoms with Crippen molar-refractivity contribution >= 4 is 0 Å². The lowest BCUT2D eigenvalue weighted by atomic mass is 9.46. The molecule has 4 unspecified atom stereocenters. The maximum atomic E-state index is 2.68.